The second kappa shape index (κ2) is 6.83. The van der Waals surface area contributed by atoms with Gasteiger partial charge in [0.15, 0.2) is 0 Å². The minimum absolute atomic E-state index is 0.118. The molecule has 0 aliphatic rings. The van der Waals surface area contributed by atoms with Crippen molar-refractivity contribution in [1.82, 2.24) is 10.2 Å². The van der Waals surface area contributed by atoms with E-state index in [2.05, 4.69) is 20.2 Å². The van der Waals surface area contributed by atoms with Gasteiger partial charge in [-0.3, -0.25) is 14.8 Å². The predicted octanol–water partition coefficient (Wildman–Crippen LogP) is 3.35. The molecule has 0 unspecified atom stereocenters. The molecule has 0 atom stereocenters. The average Bonchev–Trinajstić information content (AvgIpc) is 2.95. The molecule has 0 aliphatic heterocycles. The molecule has 2 N–H and O–H groups in total. The van der Waals surface area contributed by atoms with Gasteiger partial charge in [0.1, 0.15) is 0 Å². The molecule has 7 nitrogen and oxygen atoms in total. The molecule has 1 heterocycles. The highest BCUT2D eigenvalue weighted by atomic mass is 32.2. The second-order valence-corrected chi connectivity index (χ2v) is 9.57. The topological polar surface area (TPSA) is 101 Å². The number of alkyl halides is 3. The maximum Gasteiger partial charge on any atom is 0.445 e. The zero-order valence-corrected chi connectivity index (χ0v) is 15.5. The van der Waals surface area contributed by atoms with Crippen LogP contribution in [-0.2, 0) is 16.2 Å². The summed E-state index contributed by atoms with van der Waals surface area (Å²) in [5.41, 5.74) is 0.374. The zero-order valence-electron chi connectivity index (χ0n) is 13.9. The summed E-state index contributed by atoms with van der Waals surface area (Å²) in [7, 11) is -3.62. The van der Waals surface area contributed by atoms with E-state index in [4.69, 9.17) is 0 Å². The highest BCUT2D eigenvalue weighted by Gasteiger charge is 2.35. The largest absolute Gasteiger partial charge is 0.445 e. The highest BCUT2D eigenvalue weighted by Crippen LogP contribution is 2.33. The van der Waals surface area contributed by atoms with Gasteiger partial charge in [-0.15, -0.1) is 10.2 Å². The number of hydrogen-bond donors (Lipinski definition) is 2. The van der Waals surface area contributed by atoms with Crippen LogP contribution in [0.15, 0.2) is 24.3 Å². The lowest BCUT2D eigenvalue weighted by Crippen LogP contribution is -2.33. The minimum atomic E-state index is -4.63. The first-order valence-corrected chi connectivity index (χ1v) is 9.44. The zero-order chi connectivity index (χ0) is 19.8. The first kappa shape index (κ1) is 20.1. The highest BCUT2D eigenvalue weighted by molar-refractivity contribution is 7.94. The van der Waals surface area contributed by atoms with E-state index in [9.17, 15) is 26.4 Å². The standard InChI is InChI=1S/C14H15F3N4O3S2/c1-13(2,3)26(23,24)21-9-6-4-8(5-7-9)10(22)18-12-20-19-11(25-12)14(15,16)17/h4-7,21H,1-3H3,(H,18,20,22). The van der Waals surface area contributed by atoms with Crippen molar-refractivity contribution < 1.29 is 26.4 Å². The van der Waals surface area contributed by atoms with E-state index in [0.717, 1.165) is 0 Å². The first-order chi connectivity index (χ1) is 11.8. The van der Waals surface area contributed by atoms with Crippen molar-refractivity contribution in [2.24, 2.45) is 0 Å². The third-order valence-electron chi connectivity index (χ3n) is 3.09. The van der Waals surface area contributed by atoms with Crippen LogP contribution in [0.5, 0.6) is 0 Å². The Morgan fingerprint density at radius 3 is 2.12 bits per heavy atom. The number of rotatable bonds is 4. The Balaban J connectivity index is 2.08. The fourth-order valence-corrected chi connectivity index (χ4v) is 2.91. The normalized spacial score (nSPS) is 12.7. The summed E-state index contributed by atoms with van der Waals surface area (Å²) >= 11 is 0.206. The number of sulfonamides is 1. The van der Waals surface area contributed by atoms with Gasteiger partial charge in [-0.05, 0) is 45.0 Å². The van der Waals surface area contributed by atoms with E-state index in [-0.39, 0.29) is 27.7 Å². The van der Waals surface area contributed by atoms with Gasteiger partial charge in [-0.25, -0.2) is 8.42 Å². The Labute approximate surface area is 151 Å². The van der Waals surface area contributed by atoms with Gasteiger partial charge in [-0.2, -0.15) is 13.2 Å². The smallest absolute Gasteiger partial charge is 0.296 e. The molecule has 1 aromatic carbocycles. The van der Waals surface area contributed by atoms with Gasteiger partial charge in [-0.1, -0.05) is 11.3 Å². The number of benzene rings is 1. The fraction of sp³-hybridized carbons (Fsp3) is 0.357. The summed E-state index contributed by atoms with van der Waals surface area (Å²) in [5.74, 6) is -0.694. The van der Waals surface area contributed by atoms with Crippen LogP contribution in [-0.4, -0.2) is 29.3 Å². The van der Waals surface area contributed by atoms with E-state index in [1.54, 1.807) is 0 Å². The molecule has 0 spiro atoms. The van der Waals surface area contributed by atoms with E-state index >= 15 is 0 Å². The summed E-state index contributed by atoms with van der Waals surface area (Å²) in [6.07, 6.45) is -4.63. The van der Waals surface area contributed by atoms with Crippen LogP contribution in [0.2, 0.25) is 0 Å². The lowest BCUT2D eigenvalue weighted by atomic mass is 10.2. The molecule has 0 radical (unpaired) electrons. The van der Waals surface area contributed by atoms with Crippen LogP contribution < -0.4 is 10.0 Å². The van der Waals surface area contributed by atoms with Crippen molar-refractivity contribution in [1.29, 1.82) is 0 Å². The molecule has 1 aromatic heterocycles. The van der Waals surface area contributed by atoms with Crippen LogP contribution in [0, 0.1) is 0 Å². The molecule has 0 fully saturated rings. The maximum atomic E-state index is 12.5. The number of carbonyl (C=O) groups excluding carboxylic acids is 1. The van der Waals surface area contributed by atoms with Crippen molar-refractivity contribution in [3.8, 4) is 0 Å². The maximum absolute atomic E-state index is 12.5. The predicted molar refractivity (Wildman–Crippen MR) is 91.6 cm³/mol. The number of amides is 1. The quantitative estimate of drug-likeness (QED) is 0.808. The van der Waals surface area contributed by atoms with Crippen LogP contribution in [0.4, 0.5) is 24.0 Å². The molecular weight excluding hydrogens is 393 g/mol. The molecule has 142 valence electrons. The number of nitrogens with zero attached hydrogens (tertiary/aromatic N) is 2. The van der Waals surface area contributed by atoms with Gasteiger partial charge in [0.25, 0.3) is 5.91 Å². The number of nitrogens with one attached hydrogen (secondary N) is 2. The van der Waals surface area contributed by atoms with Crippen molar-refractivity contribution in [3.63, 3.8) is 0 Å². The number of anilines is 2. The summed E-state index contributed by atoms with van der Waals surface area (Å²) in [4.78, 5) is 12.0. The van der Waals surface area contributed by atoms with E-state index in [1.165, 1.54) is 45.0 Å². The number of hydrogen-bond acceptors (Lipinski definition) is 6. The van der Waals surface area contributed by atoms with Crippen LogP contribution in [0.25, 0.3) is 0 Å². The van der Waals surface area contributed by atoms with Crippen molar-refractivity contribution in [2.45, 2.75) is 31.7 Å². The molecule has 0 bridgehead atoms. The summed E-state index contributed by atoms with van der Waals surface area (Å²) in [6, 6.07) is 5.42. The van der Waals surface area contributed by atoms with Gasteiger partial charge in [0, 0.05) is 11.3 Å². The average molecular weight is 408 g/mol. The molecule has 26 heavy (non-hydrogen) atoms. The van der Waals surface area contributed by atoms with Gasteiger partial charge in [0.2, 0.25) is 20.2 Å². The van der Waals surface area contributed by atoms with Crippen molar-refractivity contribution in [3.05, 3.63) is 34.8 Å². The monoisotopic (exact) mass is 408 g/mol. The van der Waals surface area contributed by atoms with Gasteiger partial charge < -0.3 is 0 Å². The SMILES string of the molecule is CC(C)(C)S(=O)(=O)Nc1ccc(C(=O)Nc2nnc(C(F)(F)F)s2)cc1. The summed E-state index contributed by atoms with van der Waals surface area (Å²) < 4.78 is 62.9. The molecule has 1 amide bonds. The van der Waals surface area contributed by atoms with Gasteiger partial charge >= 0.3 is 6.18 Å². The van der Waals surface area contributed by atoms with E-state index in [1.807, 2.05) is 0 Å². The van der Waals surface area contributed by atoms with Gasteiger partial charge in [0.05, 0.1) is 4.75 Å². The Kier molecular flexibility index (Phi) is 5.29. The molecule has 0 aliphatic carbocycles. The Hall–Kier alpha value is -2.21. The third kappa shape index (κ3) is 4.69. The first-order valence-electron chi connectivity index (χ1n) is 7.14. The van der Waals surface area contributed by atoms with Crippen LogP contribution in [0.1, 0.15) is 36.1 Å². The lowest BCUT2D eigenvalue weighted by Gasteiger charge is -2.20. The Morgan fingerprint density at radius 1 is 1.08 bits per heavy atom. The molecule has 2 aromatic rings. The molecule has 12 heteroatoms. The fourth-order valence-electron chi connectivity index (χ4n) is 1.56. The third-order valence-corrected chi connectivity index (χ3v) is 6.09. The van der Waals surface area contributed by atoms with E-state index in [0.29, 0.717) is 0 Å². The number of aromatic nitrogens is 2. The van der Waals surface area contributed by atoms with Crippen molar-refractivity contribution >= 4 is 38.1 Å². The Morgan fingerprint density at radius 2 is 1.65 bits per heavy atom. The Bertz CT molecular complexity index is 901. The molecule has 0 saturated carbocycles. The molecule has 0 saturated heterocycles. The van der Waals surface area contributed by atoms with Crippen LogP contribution >= 0.6 is 11.3 Å². The molecular formula is C14H15F3N4O3S2. The van der Waals surface area contributed by atoms with Crippen molar-refractivity contribution in [2.75, 3.05) is 10.0 Å². The second-order valence-electron chi connectivity index (χ2n) is 6.16. The summed E-state index contributed by atoms with van der Waals surface area (Å²) in [5, 5.41) is 6.98. The number of halogens is 3. The van der Waals surface area contributed by atoms with Crippen LogP contribution in [0.3, 0.4) is 0 Å². The number of carbonyl (C=O) groups is 1. The minimum Gasteiger partial charge on any atom is -0.296 e. The van der Waals surface area contributed by atoms with E-state index < -0.39 is 31.9 Å². The lowest BCUT2D eigenvalue weighted by molar-refractivity contribution is -0.138. The molecule has 2 rings (SSSR count). The summed E-state index contributed by atoms with van der Waals surface area (Å²) in [6.45, 7) is 4.61.